The van der Waals surface area contributed by atoms with Gasteiger partial charge in [0.25, 0.3) is 5.91 Å². The summed E-state index contributed by atoms with van der Waals surface area (Å²) in [7, 11) is 0. The Bertz CT molecular complexity index is 721. The molecule has 1 aliphatic carbocycles. The molecular weight excluding hydrogens is 312 g/mol. The molecule has 0 aromatic heterocycles. The van der Waals surface area contributed by atoms with Gasteiger partial charge in [0, 0.05) is 17.2 Å². The third-order valence-corrected chi connectivity index (χ3v) is 4.45. The smallest absolute Gasteiger partial charge is 0.251 e. The number of benzene rings is 2. The maximum atomic E-state index is 12.6. The van der Waals surface area contributed by atoms with Gasteiger partial charge in [-0.25, -0.2) is 0 Å². The van der Waals surface area contributed by atoms with Gasteiger partial charge >= 0.3 is 0 Å². The summed E-state index contributed by atoms with van der Waals surface area (Å²) in [4.78, 5) is 24.3. The molecule has 0 heterocycles. The Morgan fingerprint density at radius 2 is 1.72 bits per heavy atom. The van der Waals surface area contributed by atoms with Crippen LogP contribution in [0.15, 0.2) is 54.6 Å². The first-order valence-electron chi connectivity index (χ1n) is 8.94. The van der Waals surface area contributed by atoms with Gasteiger partial charge in [0.15, 0.2) is 0 Å². The second-order valence-electron chi connectivity index (χ2n) is 6.57. The molecule has 1 atom stereocenters. The van der Waals surface area contributed by atoms with Crippen LogP contribution in [0, 0.1) is 5.92 Å². The van der Waals surface area contributed by atoms with Crippen molar-refractivity contribution < 1.29 is 9.59 Å². The lowest BCUT2D eigenvalue weighted by atomic mass is 10.0. The zero-order valence-corrected chi connectivity index (χ0v) is 14.5. The molecule has 2 amide bonds. The average molecular weight is 336 g/mol. The van der Waals surface area contributed by atoms with Crippen molar-refractivity contribution in [2.75, 3.05) is 5.32 Å². The lowest BCUT2D eigenvalue weighted by Gasteiger charge is -2.19. The predicted molar refractivity (Wildman–Crippen MR) is 99.4 cm³/mol. The number of rotatable bonds is 7. The Morgan fingerprint density at radius 1 is 1.04 bits per heavy atom. The highest BCUT2D eigenvalue weighted by molar-refractivity contribution is 5.97. The minimum Gasteiger partial charge on any atom is -0.345 e. The SMILES string of the molecule is CCC[C@H](NC(=O)c1ccc(NC(=O)C2CC2)cc1)c1ccccc1. The summed E-state index contributed by atoms with van der Waals surface area (Å²) in [6, 6.07) is 17.1. The monoisotopic (exact) mass is 336 g/mol. The minimum atomic E-state index is -0.0950. The molecule has 0 radical (unpaired) electrons. The van der Waals surface area contributed by atoms with Crippen LogP contribution in [-0.2, 0) is 4.79 Å². The fourth-order valence-electron chi connectivity index (χ4n) is 2.83. The largest absolute Gasteiger partial charge is 0.345 e. The predicted octanol–water partition coefficient (Wildman–Crippen LogP) is 4.31. The maximum Gasteiger partial charge on any atom is 0.251 e. The molecule has 2 aromatic rings. The lowest BCUT2D eigenvalue weighted by molar-refractivity contribution is -0.117. The van der Waals surface area contributed by atoms with Crippen LogP contribution in [0.25, 0.3) is 0 Å². The van der Waals surface area contributed by atoms with Crippen molar-refractivity contribution in [2.24, 2.45) is 5.92 Å². The summed E-state index contributed by atoms with van der Waals surface area (Å²) in [5.74, 6) is 0.148. The summed E-state index contributed by atoms with van der Waals surface area (Å²) >= 11 is 0. The number of hydrogen-bond donors (Lipinski definition) is 2. The molecule has 2 aromatic carbocycles. The number of nitrogens with one attached hydrogen (secondary N) is 2. The van der Waals surface area contributed by atoms with Crippen LogP contribution in [0.5, 0.6) is 0 Å². The molecule has 0 saturated heterocycles. The molecule has 4 nitrogen and oxygen atoms in total. The molecule has 0 spiro atoms. The fraction of sp³-hybridized carbons (Fsp3) is 0.333. The maximum absolute atomic E-state index is 12.6. The summed E-state index contributed by atoms with van der Waals surface area (Å²) in [5, 5.41) is 6.00. The van der Waals surface area contributed by atoms with Gasteiger partial charge in [0.2, 0.25) is 5.91 Å². The number of carbonyl (C=O) groups is 2. The van der Waals surface area contributed by atoms with Crippen LogP contribution >= 0.6 is 0 Å². The van der Waals surface area contributed by atoms with E-state index >= 15 is 0 Å². The Morgan fingerprint density at radius 3 is 2.32 bits per heavy atom. The molecule has 1 saturated carbocycles. The fourth-order valence-corrected chi connectivity index (χ4v) is 2.83. The van der Waals surface area contributed by atoms with Crippen molar-refractivity contribution in [1.29, 1.82) is 0 Å². The highest BCUT2D eigenvalue weighted by atomic mass is 16.2. The molecule has 2 N–H and O–H groups in total. The van der Waals surface area contributed by atoms with Gasteiger partial charge < -0.3 is 10.6 Å². The summed E-state index contributed by atoms with van der Waals surface area (Å²) in [5.41, 5.74) is 2.45. The molecule has 0 bridgehead atoms. The van der Waals surface area contributed by atoms with Gasteiger partial charge in [0.1, 0.15) is 0 Å². The van der Waals surface area contributed by atoms with E-state index < -0.39 is 0 Å². The van der Waals surface area contributed by atoms with Crippen LogP contribution in [0.3, 0.4) is 0 Å². The van der Waals surface area contributed by atoms with E-state index in [1.165, 1.54) is 0 Å². The zero-order valence-electron chi connectivity index (χ0n) is 14.5. The van der Waals surface area contributed by atoms with Crippen molar-refractivity contribution in [3.05, 3.63) is 65.7 Å². The van der Waals surface area contributed by atoms with Crippen molar-refractivity contribution in [2.45, 2.75) is 38.6 Å². The second kappa shape index (κ2) is 7.97. The molecule has 0 aliphatic heterocycles. The molecule has 3 rings (SSSR count). The van der Waals surface area contributed by atoms with E-state index in [1.807, 2.05) is 30.3 Å². The molecule has 0 unspecified atom stereocenters. The highest BCUT2D eigenvalue weighted by Crippen LogP contribution is 2.30. The minimum absolute atomic E-state index is 0.00736. The van der Waals surface area contributed by atoms with Crippen molar-refractivity contribution >= 4 is 17.5 Å². The summed E-state index contributed by atoms with van der Waals surface area (Å²) in [6.07, 6.45) is 3.84. The number of anilines is 1. The highest BCUT2D eigenvalue weighted by Gasteiger charge is 2.29. The first kappa shape index (κ1) is 17.2. The zero-order chi connectivity index (χ0) is 17.6. The third kappa shape index (κ3) is 4.69. The topological polar surface area (TPSA) is 58.2 Å². The Kier molecular flexibility index (Phi) is 5.49. The van der Waals surface area contributed by atoms with E-state index in [0.717, 1.165) is 36.9 Å². The van der Waals surface area contributed by atoms with Gasteiger partial charge in [0.05, 0.1) is 6.04 Å². The molecule has 1 fully saturated rings. The first-order chi connectivity index (χ1) is 12.2. The molecule has 25 heavy (non-hydrogen) atoms. The normalized spacial score (nSPS) is 14.6. The van der Waals surface area contributed by atoms with Crippen molar-refractivity contribution in [3.63, 3.8) is 0 Å². The Balaban J connectivity index is 1.64. The quantitative estimate of drug-likeness (QED) is 0.792. The molecule has 1 aliphatic rings. The Hall–Kier alpha value is -2.62. The van der Waals surface area contributed by atoms with E-state index in [9.17, 15) is 9.59 Å². The molecular formula is C21H24N2O2. The number of hydrogen-bond acceptors (Lipinski definition) is 2. The van der Waals surface area contributed by atoms with Crippen LogP contribution in [0.1, 0.15) is 54.6 Å². The second-order valence-corrected chi connectivity index (χ2v) is 6.57. The van der Waals surface area contributed by atoms with Crippen molar-refractivity contribution in [3.8, 4) is 0 Å². The van der Waals surface area contributed by atoms with Gasteiger partial charge in [-0.05, 0) is 49.1 Å². The van der Waals surface area contributed by atoms with E-state index in [-0.39, 0.29) is 23.8 Å². The third-order valence-electron chi connectivity index (χ3n) is 4.45. The molecule has 130 valence electrons. The van der Waals surface area contributed by atoms with Gasteiger partial charge in [-0.1, -0.05) is 43.7 Å². The number of carbonyl (C=O) groups excluding carboxylic acids is 2. The van der Waals surface area contributed by atoms with E-state index in [0.29, 0.717) is 5.56 Å². The standard InChI is InChI=1S/C21H24N2O2/c1-2-6-19(15-7-4-3-5-8-15)23-21(25)17-11-13-18(14-12-17)22-20(24)16-9-10-16/h3-5,7-8,11-14,16,19H,2,6,9-10H2,1H3,(H,22,24)(H,23,25)/t19-/m0/s1. The number of amides is 2. The van der Waals surface area contributed by atoms with Crippen LogP contribution in [0.2, 0.25) is 0 Å². The summed E-state index contributed by atoms with van der Waals surface area (Å²) in [6.45, 7) is 2.11. The van der Waals surface area contributed by atoms with Crippen LogP contribution in [-0.4, -0.2) is 11.8 Å². The Labute approximate surface area is 148 Å². The average Bonchev–Trinajstić information content (AvgIpc) is 3.48. The van der Waals surface area contributed by atoms with E-state index in [1.54, 1.807) is 24.3 Å². The first-order valence-corrected chi connectivity index (χ1v) is 8.94. The van der Waals surface area contributed by atoms with Crippen LogP contribution < -0.4 is 10.6 Å². The van der Waals surface area contributed by atoms with E-state index in [4.69, 9.17) is 0 Å². The van der Waals surface area contributed by atoms with Gasteiger partial charge in [-0.15, -0.1) is 0 Å². The van der Waals surface area contributed by atoms with Gasteiger partial charge in [-0.3, -0.25) is 9.59 Å². The summed E-state index contributed by atoms with van der Waals surface area (Å²) < 4.78 is 0. The van der Waals surface area contributed by atoms with E-state index in [2.05, 4.69) is 17.6 Å². The molecule has 4 heteroatoms. The lowest BCUT2D eigenvalue weighted by Crippen LogP contribution is -2.28. The van der Waals surface area contributed by atoms with Gasteiger partial charge in [-0.2, -0.15) is 0 Å². The van der Waals surface area contributed by atoms with Crippen LogP contribution in [0.4, 0.5) is 5.69 Å². The van der Waals surface area contributed by atoms with Crippen molar-refractivity contribution in [1.82, 2.24) is 5.32 Å².